The lowest BCUT2D eigenvalue weighted by atomic mass is 9.79. The SMILES string of the molecule is CC(N)CCCC(C)(C)c1ccc(Cc2ccc(C(C)(C)CCCC(C)N)cc2)cc1. The molecule has 2 unspecified atom stereocenters. The Kier molecular flexibility index (Phi) is 9.33. The van der Waals surface area contributed by atoms with Crippen LogP contribution in [0.25, 0.3) is 0 Å². The van der Waals surface area contributed by atoms with E-state index in [1.807, 2.05) is 0 Å². The Morgan fingerprint density at radius 1 is 0.613 bits per heavy atom. The Bertz CT molecular complexity index is 700. The molecule has 0 aliphatic heterocycles. The van der Waals surface area contributed by atoms with Gasteiger partial charge in [0.05, 0.1) is 0 Å². The first kappa shape index (κ1) is 25.6. The third kappa shape index (κ3) is 8.43. The summed E-state index contributed by atoms with van der Waals surface area (Å²) >= 11 is 0. The summed E-state index contributed by atoms with van der Waals surface area (Å²) in [5, 5.41) is 0. The maximum Gasteiger partial charge on any atom is 0.00104 e. The predicted molar refractivity (Wildman–Crippen MR) is 137 cm³/mol. The molecule has 0 spiro atoms. The first-order chi connectivity index (χ1) is 14.5. The summed E-state index contributed by atoms with van der Waals surface area (Å²) in [7, 11) is 0. The molecule has 0 aliphatic rings. The van der Waals surface area contributed by atoms with Crippen molar-refractivity contribution in [1.29, 1.82) is 0 Å². The molecule has 2 heteroatoms. The summed E-state index contributed by atoms with van der Waals surface area (Å²) in [4.78, 5) is 0. The predicted octanol–water partition coefficient (Wildman–Crippen LogP) is 6.87. The van der Waals surface area contributed by atoms with Gasteiger partial charge in [0.1, 0.15) is 0 Å². The first-order valence-corrected chi connectivity index (χ1v) is 12.2. The van der Waals surface area contributed by atoms with E-state index >= 15 is 0 Å². The van der Waals surface area contributed by atoms with Gasteiger partial charge in [-0.15, -0.1) is 0 Å². The van der Waals surface area contributed by atoms with Crippen molar-refractivity contribution in [3.8, 4) is 0 Å². The van der Waals surface area contributed by atoms with Crippen LogP contribution in [0.2, 0.25) is 0 Å². The molecule has 31 heavy (non-hydrogen) atoms. The minimum atomic E-state index is 0.197. The van der Waals surface area contributed by atoms with Crippen LogP contribution in [-0.4, -0.2) is 12.1 Å². The fourth-order valence-electron chi connectivity index (χ4n) is 4.40. The van der Waals surface area contributed by atoms with Crippen LogP contribution < -0.4 is 11.5 Å². The third-order valence-corrected chi connectivity index (χ3v) is 6.80. The van der Waals surface area contributed by atoms with Crippen molar-refractivity contribution in [1.82, 2.24) is 0 Å². The Morgan fingerprint density at radius 3 is 1.23 bits per heavy atom. The monoisotopic (exact) mass is 422 g/mol. The number of hydrogen-bond acceptors (Lipinski definition) is 2. The summed E-state index contributed by atoms with van der Waals surface area (Å²) in [6.45, 7) is 13.6. The van der Waals surface area contributed by atoms with Crippen LogP contribution in [0.15, 0.2) is 48.5 Å². The van der Waals surface area contributed by atoms with Crippen molar-refractivity contribution < 1.29 is 0 Å². The highest BCUT2D eigenvalue weighted by Crippen LogP contribution is 2.31. The zero-order valence-corrected chi connectivity index (χ0v) is 20.9. The van der Waals surface area contributed by atoms with Crippen molar-refractivity contribution in [3.05, 3.63) is 70.8 Å². The van der Waals surface area contributed by atoms with Crippen LogP contribution in [0.5, 0.6) is 0 Å². The highest BCUT2D eigenvalue weighted by atomic mass is 14.6. The van der Waals surface area contributed by atoms with Crippen molar-refractivity contribution in [2.24, 2.45) is 11.5 Å². The van der Waals surface area contributed by atoms with Crippen molar-refractivity contribution in [2.75, 3.05) is 0 Å². The molecule has 2 aromatic rings. The van der Waals surface area contributed by atoms with Crippen molar-refractivity contribution in [2.45, 2.75) is 109 Å². The smallest absolute Gasteiger partial charge is 0.00104 e. The molecular formula is C29H46N2. The fraction of sp³-hybridized carbons (Fsp3) is 0.586. The van der Waals surface area contributed by atoms with E-state index in [0.717, 1.165) is 19.3 Å². The maximum absolute atomic E-state index is 5.91. The van der Waals surface area contributed by atoms with Gasteiger partial charge in [0.15, 0.2) is 0 Å². The highest BCUT2D eigenvalue weighted by Gasteiger charge is 2.21. The van der Waals surface area contributed by atoms with Gasteiger partial charge in [-0.1, -0.05) is 89.1 Å². The minimum absolute atomic E-state index is 0.197. The van der Waals surface area contributed by atoms with Gasteiger partial charge in [-0.05, 0) is 79.0 Å². The average molecular weight is 423 g/mol. The summed E-state index contributed by atoms with van der Waals surface area (Å²) < 4.78 is 0. The number of rotatable bonds is 12. The van der Waals surface area contributed by atoms with Gasteiger partial charge in [-0.3, -0.25) is 0 Å². The minimum Gasteiger partial charge on any atom is -0.328 e. The van der Waals surface area contributed by atoms with Crippen LogP contribution in [0.4, 0.5) is 0 Å². The van der Waals surface area contributed by atoms with E-state index in [1.54, 1.807) is 0 Å². The third-order valence-electron chi connectivity index (χ3n) is 6.80. The Balaban J connectivity index is 1.96. The summed E-state index contributed by atoms with van der Waals surface area (Å²) in [6.07, 6.45) is 7.89. The molecule has 0 fully saturated rings. The lowest BCUT2D eigenvalue weighted by molar-refractivity contribution is 0.439. The van der Waals surface area contributed by atoms with Crippen LogP contribution >= 0.6 is 0 Å². The largest absolute Gasteiger partial charge is 0.328 e. The molecule has 0 radical (unpaired) electrons. The molecule has 2 atom stereocenters. The van der Waals surface area contributed by atoms with E-state index in [-0.39, 0.29) is 10.8 Å². The van der Waals surface area contributed by atoms with Gasteiger partial charge in [0.2, 0.25) is 0 Å². The zero-order valence-electron chi connectivity index (χ0n) is 20.9. The van der Waals surface area contributed by atoms with E-state index < -0.39 is 0 Å². The topological polar surface area (TPSA) is 52.0 Å². The Hall–Kier alpha value is -1.64. The van der Waals surface area contributed by atoms with E-state index in [4.69, 9.17) is 11.5 Å². The van der Waals surface area contributed by atoms with Gasteiger partial charge in [-0.25, -0.2) is 0 Å². The molecule has 2 aromatic carbocycles. The molecule has 0 bridgehead atoms. The molecule has 0 saturated heterocycles. The lowest BCUT2D eigenvalue weighted by Crippen LogP contribution is -2.20. The Morgan fingerprint density at radius 2 is 0.935 bits per heavy atom. The van der Waals surface area contributed by atoms with Gasteiger partial charge in [0, 0.05) is 12.1 Å². The molecule has 172 valence electrons. The number of hydrogen-bond donors (Lipinski definition) is 2. The molecule has 0 aromatic heterocycles. The van der Waals surface area contributed by atoms with Crippen LogP contribution in [-0.2, 0) is 17.3 Å². The maximum atomic E-state index is 5.91. The van der Waals surface area contributed by atoms with Gasteiger partial charge < -0.3 is 11.5 Å². The second-order valence-corrected chi connectivity index (χ2v) is 11.1. The van der Waals surface area contributed by atoms with Gasteiger partial charge in [0.25, 0.3) is 0 Å². The highest BCUT2D eigenvalue weighted by molar-refractivity contribution is 5.34. The van der Waals surface area contributed by atoms with E-state index in [1.165, 1.54) is 47.9 Å². The number of nitrogens with two attached hydrogens (primary N) is 2. The first-order valence-electron chi connectivity index (χ1n) is 12.2. The molecule has 4 N–H and O–H groups in total. The molecule has 2 rings (SSSR count). The Labute approximate surface area is 191 Å². The lowest BCUT2D eigenvalue weighted by Gasteiger charge is -2.26. The molecule has 0 heterocycles. The van der Waals surface area contributed by atoms with Crippen LogP contribution in [0.3, 0.4) is 0 Å². The van der Waals surface area contributed by atoms with Crippen LogP contribution in [0.1, 0.15) is 102 Å². The second kappa shape index (κ2) is 11.3. The molecular weight excluding hydrogens is 376 g/mol. The van der Waals surface area contributed by atoms with Gasteiger partial charge >= 0.3 is 0 Å². The van der Waals surface area contributed by atoms with Crippen LogP contribution in [0, 0.1) is 0 Å². The van der Waals surface area contributed by atoms with Crippen molar-refractivity contribution in [3.63, 3.8) is 0 Å². The normalized spacial score (nSPS) is 14.5. The second-order valence-electron chi connectivity index (χ2n) is 11.1. The molecule has 0 aliphatic carbocycles. The fourth-order valence-corrected chi connectivity index (χ4v) is 4.40. The van der Waals surface area contributed by atoms with Crippen molar-refractivity contribution >= 4 is 0 Å². The number of benzene rings is 2. The standard InChI is InChI=1S/C29H46N2/c1-22(30)9-7-19-28(3,4)26-15-11-24(12-16-26)21-25-13-17-27(18-14-25)29(5,6)20-8-10-23(2)31/h11-18,22-23H,7-10,19-21,30-31H2,1-6H3. The summed E-state index contributed by atoms with van der Waals surface area (Å²) in [5.74, 6) is 0. The molecule has 0 saturated carbocycles. The average Bonchev–Trinajstić information content (AvgIpc) is 2.68. The van der Waals surface area contributed by atoms with E-state index in [2.05, 4.69) is 90.1 Å². The molecule has 0 amide bonds. The molecule has 2 nitrogen and oxygen atoms in total. The van der Waals surface area contributed by atoms with E-state index in [0.29, 0.717) is 12.1 Å². The summed E-state index contributed by atoms with van der Waals surface area (Å²) in [6, 6.07) is 19.1. The zero-order chi connectivity index (χ0) is 23.1. The van der Waals surface area contributed by atoms with E-state index in [9.17, 15) is 0 Å². The summed E-state index contributed by atoms with van der Waals surface area (Å²) in [5.41, 5.74) is 17.8. The quantitative estimate of drug-likeness (QED) is 0.392. The van der Waals surface area contributed by atoms with Gasteiger partial charge in [-0.2, -0.15) is 0 Å².